The van der Waals surface area contributed by atoms with Crippen molar-refractivity contribution in [3.8, 4) is 11.3 Å². The Kier molecular flexibility index (Phi) is 4.53. The second kappa shape index (κ2) is 6.34. The van der Waals surface area contributed by atoms with Crippen molar-refractivity contribution in [2.24, 2.45) is 0 Å². The van der Waals surface area contributed by atoms with Crippen LogP contribution in [-0.4, -0.2) is 12.6 Å². The van der Waals surface area contributed by atoms with Gasteiger partial charge in [0.25, 0.3) is 0 Å². The van der Waals surface area contributed by atoms with Gasteiger partial charge in [0, 0.05) is 18.2 Å². The second-order valence-electron chi connectivity index (χ2n) is 4.67. The molecule has 0 atom stereocenters. The van der Waals surface area contributed by atoms with Crippen molar-refractivity contribution in [1.82, 2.24) is 5.32 Å². The molecule has 100 valence electrons. The minimum absolute atomic E-state index is 0.241. The summed E-state index contributed by atoms with van der Waals surface area (Å²) in [4.78, 5) is 0. The van der Waals surface area contributed by atoms with Crippen molar-refractivity contribution >= 4 is 6.08 Å². The fourth-order valence-electron chi connectivity index (χ4n) is 1.69. The van der Waals surface area contributed by atoms with Gasteiger partial charge in [-0.05, 0) is 42.5 Å². The third kappa shape index (κ3) is 4.07. The van der Waals surface area contributed by atoms with E-state index in [-0.39, 0.29) is 5.82 Å². The zero-order valence-electron chi connectivity index (χ0n) is 11.2. The standard InChI is InChI=1S/C16H18FNO/c1-12(2)18-11-3-4-15-9-10-16(19-15)13-5-7-14(17)8-6-13/h3-10,12,18H,11H2,1-2H3. The summed E-state index contributed by atoms with van der Waals surface area (Å²) in [7, 11) is 0. The van der Waals surface area contributed by atoms with E-state index in [1.807, 2.05) is 24.3 Å². The molecule has 0 saturated carbocycles. The molecule has 1 aromatic heterocycles. The molecule has 0 radical (unpaired) electrons. The topological polar surface area (TPSA) is 25.2 Å². The number of benzene rings is 1. The lowest BCUT2D eigenvalue weighted by Gasteiger charge is -2.02. The molecule has 0 saturated heterocycles. The molecule has 0 aliphatic rings. The normalized spacial score (nSPS) is 11.6. The quantitative estimate of drug-likeness (QED) is 0.874. The van der Waals surface area contributed by atoms with Crippen LogP contribution < -0.4 is 5.32 Å². The monoisotopic (exact) mass is 259 g/mol. The Morgan fingerprint density at radius 3 is 2.58 bits per heavy atom. The molecule has 19 heavy (non-hydrogen) atoms. The van der Waals surface area contributed by atoms with E-state index in [1.54, 1.807) is 12.1 Å². The summed E-state index contributed by atoms with van der Waals surface area (Å²) < 4.78 is 18.5. The lowest BCUT2D eigenvalue weighted by Crippen LogP contribution is -2.22. The first-order valence-corrected chi connectivity index (χ1v) is 6.41. The van der Waals surface area contributed by atoms with Gasteiger partial charge in [0.15, 0.2) is 0 Å². The molecule has 0 unspecified atom stereocenters. The van der Waals surface area contributed by atoms with E-state index in [9.17, 15) is 4.39 Å². The summed E-state index contributed by atoms with van der Waals surface area (Å²) in [5, 5.41) is 3.29. The predicted octanol–water partition coefficient (Wildman–Crippen LogP) is 4.10. The van der Waals surface area contributed by atoms with Crippen LogP contribution in [0.1, 0.15) is 19.6 Å². The van der Waals surface area contributed by atoms with Crippen LogP contribution >= 0.6 is 0 Å². The molecule has 0 bridgehead atoms. The zero-order valence-corrected chi connectivity index (χ0v) is 11.2. The molecule has 2 rings (SSSR count). The summed E-state index contributed by atoms with van der Waals surface area (Å²) in [5.41, 5.74) is 0.876. The lowest BCUT2D eigenvalue weighted by atomic mass is 10.2. The highest BCUT2D eigenvalue weighted by Gasteiger charge is 2.02. The van der Waals surface area contributed by atoms with Crippen molar-refractivity contribution in [2.45, 2.75) is 19.9 Å². The molecule has 1 N–H and O–H groups in total. The minimum atomic E-state index is -0.241. The van der Waals surface area contributed by atoms with E-state index < -0.39 is 0 Å². The van der Waals surface area contributed by atoms with Gasteiger partial charge in [0.05, 0.1) is 0 Å². The molecule has 0 aliphatic heterocycles. The van der Waals surface area contributed by atoms with E-state index in [0.717, 1.165) is 23.6 Å². The van der Waals surface area contributed by atoms with E-state index in [1.165, 1.54) is 12.1 Å². The summed E-state index contributed by atoms with van der Waals surface area (Å²) in [5.74, 6) is 1.30. The van der Waals surface area contributed by atoms with Crippen LogP contribution in [-0.2, 0) is 0 Å². The summed E-state index contributed by atoms with van der Waals surface area (Å²) >= 11 is 0. The highest BCUT2D eigenvalue weighted by atomic mass is 19.1. The minimum Gasteiger partial charge on any atom is -0.457 e. The van der Waals surface area contributed by atoms with Crippen LogP contribution in [0.3, 0.4) is 0 Å². The first-order chi connectivity index (χ1) is 9.15. The molecule has 2 nitrogen and oxygen atoms in total. The van der Waals surface area contributed by atoms with Gasteiger partial charge < -0.3 is 9.73 Å². The van der Waals surface area contributed by atoms with Crippen molar-refractivity contribution in [1.29, 1.82) is 0 Å². The summed E-state index contributed by atoms with van der Waals surface area (Å²) in [6.07, 6.45) is 3.95. The second-order valence-corrected chi connectivity index (χ2v) is 4.67. The van der Waals surface area contributed by atoms with Crippen LogP contribution in [0.4, 0.5) is 4.39 Å². The number of furan rings is 1. The molecular weight excluding hydrogens is 241 g/mol. The first-order valence-electron chi connectivity index (χ1n) is 6.41. The highest BCUT2D eigenvalue weighted by molar-refractivity contribution is 5.59. The Hall–Kier alpha value is -1.87. The van der Waals surface area contributed by atoms with Crippen molar-refractivity contribution in [3.05, 3.63) is 54.1 Å². The molecule has 0 fully saturated rings. The number of nitrogens with one attached hydrogen (secondary N) is 1. The van der Waals surface area contributed by atoms with Crippen molar-refractivity contribution < 1.29 is 8.81 Å². The van der Waals surface area contributed by atoms with Crippen molar-refractivity contribution in [2.75, 3.05) is 6.54 Å². The Bertz CT molecular complexity index is 540. The summed E-state index contributed by atoms with van der Waals surface area (Å²) in [6.45, 7) is 5.02. The molecule has 0 aliphatic carbocycles. The van der Waals surface area contributed by atoms with E-state index in [0.29, 0.717) is 6.04 Å². The zero-order chi connectivity index (χ0) is 13.7. The molecule has 3 heteroatoms. The maximum atomic E-state index is 12.8. The van der Waals surface area contributed by atoms with Crippen LogP contribution in [0.15, 0.2) is 46.9 Å². The average molecular weight is 259 g/mol. The fourth-order valence-corrected chi connectivity index (χ4v) is 1.69. The average Bonchev–Trinajstić information content (AvgIpc) is 2.84. The third-order valence-corrected chi connectivity index (χ3v) is 2.68. The molecule has 0 spiro atoms. The van der Waals surface area contributed by atoms with Gasteiger partial charge in [-0.1, -0.05) is 19.9 Å². The van der Waals surface area contributed by atoms with Gasteiger partial charge in [-0.15, -0.1) is 0 Å². The van der Waals surface area contributed by atoms with Crippen molar-refractivity contribution in [3.63, 3.8) is 0 Å². The van der Waals surface area contributed by atoms with Crippen LogP contribution in [0.5, 0.6) is 0 Å². The number of rotatable bonds is 5. The maximum absolute atomic E-state index is 12.8. The maximum Gasteiger partial charge on any atom is 0.134 e. The van der Waals surface area contributed by atoms with Gasteiger partial charge in [-0.3, -0.25) is 0 Å². The highest BCUT2D eigenvalue weighted by Crippen LogP contribution is 2.22. The molecule has 2 aromatic rings. The van der Waals surface area contributed by atoms with Crippen LogP contribution in [0, 0.1) is 5.82 Å². The number of hydrogen-bond donors (Lipinski definition) is 1. The van der Waals surface area contributed by atoms with Gasteiger partial charge in [-0.2, -0.15) is 0 Å². The van der Waals surface area contributed by atoms with E-state index >= 15 is 0 Å². The smallest absolute Gasteiger partial charge is 0.134 e. The van der Waals surface area contributed by atoms with Gasteiger partial charge in [0.1, 0.15) is 17.3 Å². The van der Waals surface area contributed by atoms with Crippen LogP contribution in [0.25, 0.3) is 17.4 Å². The Balaban J connectivity index is 2.01. The molecular formula is C16H18FNO. The summed E-state index contributed by atoms with van der Waals surface area (Å²) in [6, 6.07) is 10.5. The molecule has 0 amide bonds. The lowest BCUT2D eigenvalue weighted by molar-refractivity contribution is 0.570. The van der Waals surface area contributed by atoms with E-state index in [4.69, 9.17) is 4.42 Å². The molecule has 1 heterocycles. The first kappa shape index (κ1) is 13.6. The van der Waals surface area contributed by atoms with Gasteiger partial charge in [-0.25, -0.2) is 4.39 Å². The Labute approximate surface area is 112 Å². The number of hydrogen-bond acceptors (Lipinski definition) is 2. The predicted molar refractivity (Wildman–Crippen MR) is 76.3 cm³/mol. The fraction of sp³-hybridized carbons (Fsp3) is 0.250. The SMILES string of the molecule is CC(C)NCC=Cc1ccc(-c2ccc(F)cc2)o1. The van der Waals surface area contributed by atoms with Gasteiger partial charge >= 0.3 is 0 Å². The van der Waals surface area contributed by atoms with Gasteiger partial charge in [0.2, 0.25) is 0 Å². The molecule has 1 aromatic carbocycles. The Morgan fingerprint density at radius 2 is 1.89 bits per heavy atom. The Morgan fingerprint density at radius 1 is 1.16 bits per heavy atom. The van der Waals surface area contributed by atoms with E-state index in [2.05, 4.69) is 19.2 Å². The van der Waals surface area contributed by atoms with Crippen LogP contribution in [0.2, 0.25) is 0 Å². The largest absolute Gasteiger partial charge is 0.457 e. The number of halogens is 1. The third-order valence-electron chi connectivity index (χ3n) is 2.68.